The fourth-order valence-corrected chi connectivity index (χ4v) is 3.61. The molecule has 0 saturated carbocycles. The van der Waals surface area contributed by atoms with Crippen molar-refractivity contribution in [2.75, 3.05) is 6.54 Å². The first-order valence-electron chi connectivity index (χ1n) is 7.43. The lowest BCUT2D eigenvalue weighted by Gasteiger charge is -2.10. The van der Waals surface area contributed by atoms with E-state index in [2.05, 4.69) is 0 Å². The molecule has 2 aromatic carbocycles. The van der Waals surface area contributed by atoms with Gasteiger partial charge in [0, 0.05) is 5.02 Å². The van der Waals surface area contributed by atoms with Gasteiger partial charge in [-0.3, -0.25) is 14.5 Å². The smallest absolute Gasteiger partial charge is 0.323 e. The maximum absolute atomic E-state index is 12.3. The van der Waals surface area contributed by atoms with Gasteiger partial charge in [-0.2, -0.15) is 0 Å². The number of carboxylic acids is 1. The Labute approximate surface area is 164 Å². The van der Waals surface area contributed by atoms with Crippen LogP contribution >= 0.6 is 35.6 Å². The fourth-order valence-electron chi connectivity index (χ4n) is 2.23. The summed E-state index contributed by atoms with van der Waals surface area (Å²) in [7, 11) is 0. The molecule has 1 amide bonds. The molecule has 0 atom stereocenters. The third-order valence-electron chi connectivity index (χ3n) is 3.37. The Kier molecular flexibility index (Phi) is 5.61. The Hall–Kier alpha value is -2.35. The molecule has 1 heterocycles. The standard InChI is InChI=1S/C18H12ClNO4S2/c19-12-4-6-13(7-5-12)24-14-3-1-2-11(8-14)9-15-17(23)20(10-16(21)22)18(25)26-15/h1-9H,10H2,(H,21,22)/b15-9+. The number of benzene rings is 2. The minimum Gasteiger partial charge on any atom is -0.480 e. The van der Waals surface area contributed by atoms with Crippen molar-refractivity contribution in [2.24, 2.45) is 0 Å². The topological polar surface area (TPSA) is 66.8 Å². The number of nitrogens with zero attached hydrogens (tertiary/aromatic N) is 1. The Morgan fingerprint density at radius 2 is 1.96 bits per heavy atom. The summed E-state index contributed by atoms with van der Waals surface area (Å²) < 4.78 is 6.00. The summed E-state index contributed by atoms with van der Waals surface area (Å²) in [5, 5.41) is 9.49. The molecule has 8 heteroatoms. The number of amides is 1. The number of carbonyl (C=O) groups excluding carboxylic acids is 1. The van der Waals surface area contributed by atoms with Gasteiger partial charge in [0.2, 0.25) is 0 Å². The predicted octanol–water partition coefficient (Wildman–Crippen LogP) is 4.42. The molecule has 26 heavy (non-hydrogen) atoms. The number of rotatable bonds is 5. The highest BCUT2D eigenvalue weighted by molar-refractivity contribution is 8.26. The van der Waals surface area contributed by atoms with Crippen molar-refractivity contribution in [3.05, 3.63) is 64.0 Å². The summed E-state index contributed by atoms with van der Waals surface area (Å²) >= 11 is 12.0. The minimum absolute atomic E-state index is 0.234. The molecule has 0 bridgehead atoms. The number of halogens is 1. The van der Waals surface area contributed by atoms with Crippen LogP contribution in [0.5, 0.6) is 11.5 Å². The number of thioether (sulfide) groups is 1. The van der Waals surface area contributed by atoms with E-state index in [1.54, 1.807) is 48.5 Å². The maximum atomic E-state index is 12.3. The van der Waals surface area contributed by atoms with Crippen molar-refractivity contribution in [2.45, 2.75) is 0 Å². The maximum Gasteiger partial charge on any atom is 0.323 e. The minimum atomic E-state index is -1.11. The molecule has 1 saturated heterocycles. The van der Waals surface area contributed by atoms with Crippen LogP contribution in [-0.2, 0) is 9.59 Å². The summed E-state index contributed by atoms with van der Waals surface area (Å²) in [6, 6.07) is 14.2. The predicted molar refractivity (Wildman–Crippen MR) is 105 cm³/mol. The third-order valence-corrected chi connectivity index (χ3v) is 5.00. The molecule has 0 aliphatic carbocycles. The van der Waals surface area contributed by atoms with Crippen LogP contribution in [0.4, 0.5) is 0 Å². The highest BCUT2D eigenvalue weighted by Gasteiger charge is 2.33. The average molecular weight is 406 g/mol. The zero-order valence-electron chi connectivity index (χ0n) is 13.2. The van der Waals surface area contributed by atoms with E-state index in [0.717, 1.165) is 22.2 Å². The van der Waals surface area contributed by atoms with Crippen LogP contribution in [0.1, 0.15) is 5.56 Å². The number of thiocarbonyl (C=S) groups is 1. The van der Waals surface area contributed by atoms with Gasteiger partial charge in [0.15, 0.2) is 0 Å². The molecule has 0 radical (unpaired) electrons. The van der Waals surface area contributed by atoms with E-state index in [9.17, 15) is 9.59 Å². The van der Waals surface area contributed by atoms with E-state index in [1.807, 2.05) is 6.07 Å². The number of aliphatic carboxylic acids is 1. The zero-order chi connectivity index (χ0) is 18.7. The van der Waals surface area contributed by atoms with E-state index >= 15 is 0 Å². The van der Waals surface area contributed by atoms with Crippen LogP contribution in [0.3, 0.4) is 0 Å². The zero-order valence-corrected chi connectivity index (χ0v) is 15.6. The quantitative estimate of drug-likeness (QED) is 0.586. The molecule has 0 unspecified atom stereocenters. The Balaban J connectivity index is 1.79. The van der Waals surface area contributed by atoms with Gasteiger partial charge in [0.1, 0.15) is 22.4 Å². The van der Waals surface area contributed by atoms with Crippen molar-refractivity contribution in [1.29, 1.82) is 0 Å². The van der Waals surface area contributed by atoms with Crippen LogP contribution in [0.15, 0.2) is 53.4 Å². The second kappa shape index (κ2) is 7.90. The van der Waals surface area contributed by atoms with E-state index < -0.39 is 18.4 Å². The monoisotopic (exact) mass is 405 g/mol. The number of carboxylic acid groups (broad SMARTS) is 1. The van der Waals surface area contributed by atoms with Crippen molar-refractivity contribution >= 4 is 57.9 Å². The fraction of sp³-hybridized carbons (Fsp3) is 0.0556. The van der Waals surface area contributed by atoms with E-state index in [1.165, 1.54) is 0 Å². The van der Waals surface area contributed by atoms with Gasteiger partial charge in [-0.05, 0) is 48.0 Å². The van der Waals surface area contributed by atoms with E-state index in [4.69, 9.17) is 33.7 Å². The average Bonchev–Trinajstić information content (AvgIpc) is 2.84. The molecular weight excluding hydrogens is 394 g/mol. The molecule has 132 valence electrons. The lowest BCUT2D eigenvalue weighted by molar-refractivity contribution is -0.140. The highest BCUT2D eigenvalue weighted by Crippen LogP contribution is 2.33. The number of hydrogen-bond acceptors (Lipinski definition) is 5. The first-order valence-corrected chi connectivity index (χ1v) is 9.03. The van der Waals surface area contributed by atoms with Gasteiger partial charge in [-0.1, -0.05) is 47.7 Å². The van der Waals surface area contributed by atoms with Gasteiger partial charge in [-0.25, -0.2) is 0 Å². The summed E-state index contributed by atoms with van der Waals surface area (Å²) in [6.07, 6.45) is 1.66. The summed E-state index contributed by atoms with van der Waals surface area (Å²) in [6.45, 7) is -0.443. The molecule has 1 aliphatic heterocycles. The Morgan fingerprint density at radius 3 is 2.65 bits per heavy atom. The third kappa shape index (κ3) is 4.43. The van der Waals surface area contributed by atoms with Gasteiger partial charge in [-0.15, -0.1) is 0 Å². The van der Waals surface area contributed by atoms with Gasteiger partial charge in [0.05, 0.1) is 4.91 Å². The number of ether oxygens (including phenoxy) is 1. The lowest BCUT2D eigenvalue weighted by atomic mass is 10.2. The van der Waals surface area contributed by atoms with Crippen molar-refractivity contribution in [3.8, 4) is 11.5 Å². The van der Waals surface area contributed by atoms with Crippen molar-refractivity contribution < 1.29 is 19.4 Å². The molecule has 1 aliphatic rings. The second-order valence-corrected chi connectivity index (χ2v) is 7.40. The van der Waals surface area contributed by atoms with Gasteiger partial charge in [0.25, 0.3) is 5.91 Å². The van der Waals surface area contributed by atoms with Crippen LogP contribution in [0.2, 0.25) is 5.02 Å². The molecule has 3 rings (SSSR count). The van der Waals surface area contributed by atoms with Crippen LogP contribution in [0, 0.1) is 0 Å². The molecule has 1 N–H and O–H groups in total. The van der Waals surface area contributed by atoms with E-state index in [-0.39, 0.29) is 4.32 Å². The molecule has 0 spiro atoms. The Morgan fingerprint density at radius 1 is 1.23 bits per heavy atom. The molecular formula is C18H12ClNO4S2. The Bertz CT molecular complexity index is 912. The van der Waals surface area contributed by atoms with Crippen LogP contribution in [0.25, 0.3) is 6.08 Å². The normalized spacial score (nSPS) is 15.6. The highest BCUT2D eigenvalue weighted by atomic mass is 35.5. The lowest BCUT2D eigenvalue weighted by Crippen LogP contribution is -2.33. The van der Waals surface area contributed by atoms with Crippen LogP contribution < -0.4 is 4.74 Å². The van der Waals surface area contributed by atoms with Crippen LogP contribution in [-0.4, -0.2) is 32.7 Å². The molecule has 2 aromatic rings. The SMILES string of the molecule is O=C(O)CN1C(=O)/C(=C\c2cccc(Oc3ccc(Cl)cc3)c2)SC1=S. The second-order valence-electron chi connectivity index (χ2n) is 5.29. The first-order chi connectivity index (χ1) is 12.4. The molecule has 5 nitrogen and oxygen atoms in total. The largest absolute Gasteiger partial charge is 0.480 e. The van der Waals surface area contributed by atoms with Gasteiger partial charge < -0.3 is 9.84 Å². The summed E-state index contributed by atoms with van der Waals surface area (Å²) in [5.41, 5.74) is 0.743. The number of carbonyl (C=O) groups is 2. The van der Waals surface area contributed by atoms with Gasteiger partial charge >= 0.3 is 5.97 Å². The summed E-state index contributed by atoms with van der Waals surface area (Å²) in [5.74, 6) is -0.284. The van der Waals surface area contributed by atoms with E-state index in [0.29, 0.717) is 21.4 Å². The summed E-state index contributed by atoms with van der Waals surface area (Å²) in [4.78, 5) is 24.6. The number of hydrogen-bond donors (Lipinski definition) is 1. The molecule has 1 fully saturated rings. The first kappa shape index (κ1) is 18.4. The van der Waals surface area contributed by atoms with Crippen molar-refractivity contribution in [3.63, 3.8) is 0 Å². The molecule has 0 aromatic heterocycles. The van der Waals surface area contributed by atoms with Crippen molar-refractivity contribution in [1.82, 2.24) is 4.90 Å².